The lowest BCUT2D eigenvalue weighted by Gasteiger charge is -2.43. The van der Waals surface area contributed by atoms with Gasteiger partial charge in [-0.25, -0.2) is 0 Å². The standard InChI is InChI=1S/C34H28O2/c35-29-23-24-32(26-15-7-2-8-16-26)34(28-19-11-4-12-20-28)30(22-21-25-13-5-1-6-14-25)33(34,31(29)36-32)27-17-9-3-10-18-27/h1-22,30-31H,23-24H2/b22-21-/t30-,31+,32+,33+,34-/m0/s1. The van der Waals surface area contributed by atoms with E-state index in [-0.39, 0.29) is 11.7 Å². The normalized spacial score (nSPS) is 32.4. The first-order valence-electron chi connectivity index (χ1n) is 12.9. The van der Waals surface area contributed by atoms with Gasteiger partial charge < -0.3 is 4.74 Å². The molecule has 2 heterocycles. The van der Waals surface area contributed by atoms with Gasteiger partial charge in [-0.1, -0.05) is 133 Å². The number of hydrogen-bond donors (Lipinski definition) is 0. The molecule has 2 heteroatoms. The summed E-state index contributed by atoms with van der Waals surface area (Å²) in [6.45, 7) is 0. The molecule has 1 saturated carbocycles. The third-order valence-electron chi connectivity index (χ3n) is 8.91. The van der Waals surface area contributed by atoms with Crippen LogP contribution in [0.2, 0.25) is 0 Å². The number of allylic oxidation sites excluding steroid dienone is 1. The van der Waals surface area contributed by atoms with Crippen LogP contribution in [0.5, 0.6) is 0 Å². The van der Waals surface area contributed by atoms with Crippen LogP contribution in [0.25, 0.3) is 6.08 Å². The van der Waals surface area contributed by atoms with Crippen LogP contribution >= 0.6 is 0 Å². The second-order valence-corrected chi connectivity index (χ2v) is 10.3. The van der Waals surface area contributed by atoms with Crippen LogP contribution in [0.1, 0.15) is 35.1 Å². The molecule has 176 valence electrons. The van der Waals surface area contributed by atoms with Gasteiger partial charge in [-0.05, 0) is 28.7 Å². The summed E-state index contributed by atoms with van der Waals surface area (Å²) in [5, 5.41) is 0. The van der Waals surface area contributed by atoms with Crippen molar-refractivity contribution < 1.29 is 9.53 Å². The molecule has 36 heavy (non-hydrogen) atoms. The van der Waals surface area contributed by atoms with Crippen LogP contribution < -0.4 is 0 Å². The van der Waals surface area contributed by atoms with Crippen LogP contribution in [-0.4, -0.2) is 11.9 Å². The first-order valence-corrected chi connectivity index (χ1v) is 12.9. The van der Waals surface area contributed by atoms with Crippen molar-refractivity contribution in [3.8, 4) is 0 Å². The molecule has 2 saturated heterocycles. The van der Waals surface area contributed by atoms with Gasteiger partial charge in [0.15, 0.2) is 5.78 Å². The summed E-state index contributed by atoms with van der Waals surface area (Å²) < 4.78 is 7.06. The van der Waals surface area contributed by atoms with Crippen molar-refractivity contribution in [2.75, 3.05) is 0 Å². The number of benzene rings is 4. The zero-order valence-corrected chi connectivity index (χ0v) is 20.1. The first-order chi connectivity index (χ1) is 17.7. The monoisotopic (exact) mass is 468 g/mol. The summed E-state index contributed by atoms with van der Waals surface area (Å²) in [5.74, 6) is 0.331. The molecule has 2 bridgehead atoms. The van der Waals surface area contributed by atoms with Crippen molar-refractivity contribution in [3.05, 3.63) is 150 Å². The second-order valence-electron chi connectivity index (χ2n) is 10.3. The van der Waals surface area contributed by atoms with Crippen LogP contribution in [0.15, 0.2) is 127 Å². The fourth-order valence-electron chi connectivity index (χ4n) is 7.72. The molecular weight excluding hydrogens is 440 g/mol. The van der Waals surface area contributed by atoms with E-state index in [1.54, 1.807) is 0 Å². The van der Waals surface area contributed by atoms with Crippen molar-refractivity contribution in [1.29, 1.82) is 0 Å². The SMILES string of the molecule is O=C1CC[C@]2(c3ccccc3)O[C@H]1[C@@]1(c3ccccc3)[C@H](/C=C\c3ccccc3)[C@]12c1ccccc1. The molecule has 0 N–H and O–H groups in total. The van der Waals surface area contributed by atoms with Gasteiger partial charge in [0.25, 0.3) is 0 Å². The lowest BCUT2D eigenvalue weighted by atomic mass is 9.68. The van der Waals surface area contributed by atoms with Gasteiger partial charge in [-0.3, -0.25) is 4.79 Å². The van der Waals surface area contributed by atoms with E-state index in [2.05, 4.69) is 127 Å². The molecule has 2 aliphatic heterocycles. The number of ketones is 1. The van der Waals surface area contributed by atoms with Crippen molar-refractivity contribution in [2.45, 2.75) is 35.4 Å². The van der Waals surface area contributed by atoms with Gasteiger partial charge in [0.1, 0.15) is 11.7 Å². The van der Waals surface area contributed by atoms with Crippen LogP contribution in [0.4, 0.5) is 0 Å². The van der Waals surface area contributed by atoms with Gasteiger partial charge in [0.05, 0.1) is 0 Å². The Balaban J connectivity index is 1.55. The van der Waals surface area contributed by atoms with E-state index in [1.807, 2.05) is 6.07 Å². The molecular formula is C34H28O2. The predicted octanol–water partition coefficient (Wildman–Crippen LogP) is 6.86. The lowest BCUT2D eigenvalue weighted by Crippen LogP contribution is -2.46. The van der Waals surface area contributed by atoms with Gasteiger partial charge in [-0.2, -0.15) is 0 Å². The highest BCUT2D eigenvalue weighted by atomic mass is 16.5. The molecule has 5 atom stereocenters. The summed E-state index contributed by atoms with van der Waals surface area (Å²) in [5.41, 5.74) is 3.32. The summed E-state index contributed by atoms with van der Waals surface area (Å²) in [4.78, 5) is 13.7. The Labute approximate surface area is 212 Å². The zero-order chi connectivity index (χ0) is 24.2. The molecule has 2 nitrogen and oxygen atoms in total. The van der Waals surface area contributed by atoms with Crippen LogP contribution in [0.3, 0.4) is 0 Å². The number of hydrogen-bond acceptors (Lipinski definition) is 2. The first kappa shape index (κ1) is 21.5. The minimum Gasteiger partial charge on any atom is -0.357 e. The van der Waals surface area contributed by atoms with Gasteiger partial charge in [0, 0.05) is 23.2 Å². The maximum absolute atomic E-state index is 13.7. The zero-order valence-electron chi connectivity index (χ0n) is 20.1. The van der Waals surface area contributed by atoms with E-state index in [9.17, 15) is 4.79 Å². The molecule has 4 aromatic carbocycles. The molecule has 1 aliphatic carbocycles. The molecule has 0 aromatic heterocycles. The largest absolute Gasteiger partial charge is 0.357 e. The number of fused-ring (bicyclic) bond motifs is 5. The van der Waals surface area contributed by atoms with Crippen molar-refractivity contribution >= 4 is 11.9 Å². The molecule has 0 amide bonds. The van der Waals surface area contributed by atoms with Crippen LogP contribution in [-0.2, 0) is 26.0 Å². The number of rotatable bonds is 5. The highest BCUT2D eigenvalue weighted by Gasteiger charge is 2.92. The number of carbonyl (C=O) groups is 1. The Kier molecular flexibility index (Phi) is 4.71. The molecule has 0 radical (unpaired) electrons. The molecule has 3 aliphatic rings. The third kappa shape index (κ3) is 2.58. The van der Waals surface area contributed by atoms with Crippen molar-refractivity contribution in [2.24, 2.45) is 5.92 Å². The summed E-state index contributed by atoms with van der Waals surface area (Å²) in [6.07, 6.45) is 5.33. The van der Waals surface area contributed by atoms with Crippen molar-refractivity contribution in [3.63, 3.8) is 0 Å². The maximum atomic E-state index is 13.7. The van der Waals surface area contributed by atoms with E-state index >= 15 is 0 Å². The second kappa shape index (κ2) is 7.88. The Morgan fingerprint density at radius 2 is 1.19 bits per heavy atom. The Morgan fingerprint density at radius 1 is 0.667 bits per heavy atom. The average molecular weight is 469 g/mol. The highest BCUT2D eigenvalue weighted by molar-refractivity contribution is 5.91. The van der Waals surface area contributed by atoms with Crippen molar-refractivity contribution in [1.82, 2.24) is 0 Å². The molecule has 4 aromatic rings. The molecule has 0 unspecified atom stereocenters. The topological polar surface area (TPSA) is 26.3 Å². The Bertz CT molecular complexity index is 1430. The number of Topliss-reactive ketones (excluding diaryl/α,β-unsaturated/α-hetero) is 1. The summed E-state index contributed by atoms with van der Waals surface area (Å²) >= 11 is 0. The summed E-state index contributed by atoms with van der Waals surface area (Å²) in [7, 11) is 0. The highest BCUT2D eigenvalue weighted by Crippen LogP contribution is 2.85. The third-order valence-corrected chi connectivity index (χ3v) is 8.91. The Morgan fingerprint density at radius 3 is 1.81 bits per heavy atom. The number of carbonyl (C=O) groups excluding carboxylic acids is 1. The smallest absolute Gasteiger partial charge is 0.162 e. The predicted molar refractivity (Wildman–Crippen MR) is 142 cm³/mol. The fourth-order valence-corrected chi connectivity index (χ4v) is 7.72. The summed E-state index contributed by atoms with van der Waals surface area (Å²) in [6, 6.07) is 42.5. The van der Waals surface area contributed by atoms with E-state index < -0.39 is 22.5 Å². The molecule has 7 rings (SSSR count). The van der Waals surface area contributed by atoms with Gasteiger partial charge in [0.2, 0.25) is 0 Å². The minimum absolute atomic E-state index is 0.109. The lowest BCUT2D eigenvalue weighted by molar-refractivity contribution is -0.158. The Hall–Kier alpha value is -3.75. The maximum Gasteiger partial charge on any atom is 0.162 e. The van der Waals surface area contributed by atoms with E-state index in [0.29, 0.717) is 12.8 Å². The van der Waals surface area contributed by atoms with Gasteiger partial charge in [-0.15, -0.1) is 0 Å². The van der Waals surface area contributed by atoms with E-state index in [4.69, 9.17) is 4.74 Å². The number of ether oxygens (including phenoxy) is 1. The average Bonchev–Trinajstić information content (AvgIpc) is 3.51. The quantitative estimate of drug-likeness (QED) is 0.320. The van der Waals surface area contributed by atoms with E-state index in [0.717, 1.165) is 0 Å². The minimum atomic E-state index is -0.588. The molecule has 3 fully saturated rings. The molecule has 0 spiro atoms. The fraction of sp³-hybridized carbons (Fsp3) is 0.206. The van der Waals surface area contributed by atoms with Gasteiger partial charge >= 0.3 is 0 Å². The van der Waals surface area contributed by atoms with Crippen LogP contribution in [0, 0.1) is 5.92 Å². The van der Waals surface area contributed by atoms with E-state index in [1.165, 1.54) is 22.3 Å².